The van der Waals surface area contributed by atoms with Crippen LogP contribution < -0.4 is 0 Å². The summed E-state index contributed by atoms with van der Waals surface area (Å²) in [7, 11) is 0. The van der Waals surface area contributed by atoms with Crippen LogP contribution in [0.5, 0.6) is 0 Å². The van der Waals surface area contributed by atoms with Crippen molar-refractivity contribution >= 4 is 17.5 Å². The van der Waals surface area contributed by atoms with E-state index in [1.165, 1.54) is 17.3 Å². The molecule has 0 saturated heterocycles. The fourth-order valence-electron chi connectivity index (χ4n) is 3.67. The van der Waals surface area contributed by atoms with Gasteiger partial charge in [0.05, 0.1) is 11.0 Å². The maximum atomic E-state index is 9.53. The summed E-state index contributed by atoms with van der Waals surface area (Å²) in [5, 5.41) is 13.5. The normalized spacial score (nSPS) is 16.8. The van der Waals surface area contributed by atoms with Crippen LogP contribution in [0.3, 0.4) is 0 Å². The van der Waals surface area contributed by atoms with Crippen LogP contribution in [0.2, 0.25) is 0 Å². The van der Waals surface area contributed by atoms with E-state index in [2.05, 4.69) is 17.3 Å². The first-order chi connectivity index (χ1) is 14.3. The van der Waals surface area contributed by atoms with E-state index in [4.69, 9.17) is 9.40 Å². The van der Waals surface area contributed by atoms with Gasteiger partial charge in [-0.25, -0.2) is 4.98 Å². The van der Waals surface area contributed by atoms with Gasteiger partial charge in [-0.15, -0.1) is 0 Å². The zero-order chi connectivity index (χ0) is 19.6. The molecule has 0 amide bonds. The van der Waals surface area contributed by atoms with E-state index in [1.54, 1.807) is 0 Å². The van der Waals surface area contributed by atoms with Gasteiger partial charge in [-0.05, 0) is 11.1 Å². The molecule has 0 bridgehead atoms. The number of oxazole rings is 1. The summed E-state index contributed by atoms with van der Waals surface area (Å²) >= 11 is 1.48. The van der Waals surface area contributed by atoms with E-state index in [0.717, 1.165) is 33.9 Å². The van der Waals surface area contributed by atoms with Crippen LogP contribution in [-0.2, 0) is 6.42 Å². The van der Waals surface area contributed by atoms with Gasteiger partial charge in [-0.3, -0.25) is 0 Å². The molecule has 142 valence electrons. The Balaban J connectivity index is 1.57. The summed E-state index contributed by atoms with van der Waals surface area (Å²) in [5.41, 5.74) is 5.84. The van der Waals surface area contributed by atoms with Gasteiger partial charge in [0.15, 0.2) is 5.76 Å². The highest BCUT2D eigenvalue weighted by Gasteiger charge is 2.32. The van der Waals surface area contributed by atoms with Gasteiger partial charge >= 0.3 is 0 Å². The highest BCUT2D eigenvalue weighted by atomic mass is 32.2. The minimum Gasteiger partial charge on any atom is -0.431 e. The number of hydrogen-bond acceptors (Lipinski definition) is 5. The zero-order valence-corrected chi connectivity index (χ0v) is 16.3. The predicted molar refractivity (Wildman–Crippen MR) is 115 cm³/mol. The maximum absolute atomic E-state index is 9.53. The molecule has 5 heteroatoms. The van der Waals surface area contributed by atoms with E-state index in [-0.39, 0.29) is 5.25 Å². The lowest BCUT2D eigenvalue weighted by Gasteiger charge is -2.08. The molecule has 1 atom stereocenters. The molecule has 4 nitrogen and oxygen atoms in total. The Kier molecular flexibility index (Phi) is 4.66. The average Bonchev–Trinajstić information content (AvgIpc) is 3.37. The Labute approximate surface area is 172 Å². The first-order valence-corrected chi connectivity index (χ1v) is 10.3. The summed E-state index contributed by atoms with van der Waals surface area (Å²) < 4.78 is 6.24. The second-order valence-corrected chi connectivity index (χ2v) is 7.91. The Hall–Kier alpha value is -3.31. The third-order valence-corrected chi connectivity index (χ3v) is 6.19. The lowest BCUT2D eigenvalue weighted by atomic mass is 10.1. The zero-order valence-electron chi connectivity index (χ0n) is 15.5. The van der Waals surface area contributed by atoms with Gasteiger partial charge in [-0.1, -0.05) is 102 Å². The van der Waals surface area contributed by atoms with Gasteiger partial charge in [0.25, 0.3) is 5.22 Å². The van der Waals surface area contributed by atoms with Crippen molar-refractivity contribution in [1.29, 1.82) is 0 Å². The second kappa shape index (κ2) is 7.60. The molecule has 1 N–H and O–H groups in total. The standard InChI is InChI=1S/C24H18N2O2S/c27-26-20-15-18-13-7-8-14-19(18)23(20)29-24-25-21(16-9-3-1-4-10-16)22(28-24)17-11-5-2-6-12-17/h1-14,23,27H,15H2. The van der Waals surface area contributed by atoms with E-state index < -0.39 is 0 Å². The number of thioether (sulfide) groups is 1. The highest BCUT2D eigenvalue weighted by molar-refractivity contribution is 8.00. The predicted octanol–water partition coefficient (Wildman–Crippen LogP) is 6.23. The number of fused-ring (bicyclic) bond motifs is 1. The van der Waals surface area contributed by atoms with Crippen LogP contribution in [0.1, 0.15) is 16.4 Å². The molecule has 0 fully saturated rings. The molecule has 0 radical (unpaired) electrons. The average molecular weight is 398 g/mol. The molecular weight excluding hydrogens is 380 g/mol. The van der Waals surface area contributed by atoms with Crippen molar-refractivity contribution in [3.8, 4) is 22.6 Å². The molecule has 0 spiro atoms. The molecule has 1 aliphatic carbocycles. The number of benzene rings is 3. The third-order valence-electron chi connectivity index (χ3n) is 5.05. The molecule has 0 saturated carbocycles. The van der Waals surface area contributed by atoms with Gasteiger partial charge in [0.1, 0.15) is 5.69 Å². The fraction of sp³-hybridized carbons (Fsp3) is 0.0833. The van der Waals surface area contributed by atoms with Gasteiger partial charge < -0.3 is 9.62 Å². The maximum Gasteiger partial charge on any atom is 0.257 e. The smallest absolute Gasteiger partial charge is 0.257 e. The number of nitrogens with zero attached hydrogens (tertiary/aromatic N) is 2. The summed E-state index contributed by atoms with van der Waals surface area (Å²) in [6.07, 6.45) is 0.641. The van der Waals surface area contributed by atoms with Crippen molar-refractivity contribution in [3.63, 3.8) is 0 Å². The SMILES string of the molecule is ON=C1Cc2ccccc2C1Sc1nc(-c2ccccc2)c(-c2ccccc2)o1. The number of aromatic nitrogens is 1. The molecule has 3 aromatic carbocycles. The lowest BCUT2D eigenvalue weighted by Crippen LogP contribution is -2.02. The lowest BCUT2D eigenvalue weighted by molar-refractivity contribution is 0.317. The van der Waals surface area contributed by atoms with Gasteiger partial charge in [0, 0.05) is 17.5 Å². The van der Waals surface area contributed by atoms with Crippen LogP contribution in [0.15, 0.2) is 99.7 Å². The summed E-state index contributed by atoms with van der Waals surface area (Å²) in [6.45, 7) is 0. The minimum absolute atomic E-state index is 0.109. The van der Waals surface area contributed by atoms with Crippen molar-refractivity contribution in [3.05, 3.63) is 96.1 Å². The van der Waals surface area contributed by atoms with Crippen molar-refractivity contribution in [1.82, 2.24) is 4.98 Å². The number of rotatable bonds is 4. The van der Waals surface area contributed by atoms with Crippen LogP contribution in [0.4, 0.5) is 0 Å². The third kappa shape index (κ3) is 3.34. The summed E-state index contributed by atoms with van der Waals surface area (Å²) in [6, 6.07) is 28.2. The number of oxime groups is 1. The molecule has 1 aromatic heterocycles. The molecule has 1 unspecified atom stereocenters. The Bertz CT molecular complexity index is 1110. The Morgan fingerprint density at radius 2 is 1.52 bits per heavy atom. The second-order valence-electron chi connectivity index (χ2n) is 6.85. The summed E-state index contributed by atoms with van der Waals surface area (Å²) in [5.74, 6) is 0.744. The highest BCUT2D eigenvalue weighted by Crippen LogP contribution is 2.45. The Morgan fingerprint density at radius 3 is 2.24 bits per heavy atom. The van der Waals surface area contributed by atoms with Crippen LogP contribution in [0, 0.1) is 0 Å². The van der Waals surface area contributed by atoms with Gasteiger partial charge in [0.2, 0.25) is 0 Å². The van der Waals surface area contributed by atoms with E-state index >= 15 is 0 Å². The van der Waals surface area contributed by atoms with Crippen LogP contribution in [-0.4, -0.2) is 15.9 Å². The molecular formula is C24H18N2O2S. The summed E-state index contributed by atoms with van der Waals surface area (Å²) in [4.78, 5) is 4.82. The van der Waals surface area contributed by atoms with Crippen molar-refractivity contribution in [2.24, 2.45) is 5.16 Å². The first kappa shape index (κ1) is 17.8. The van der Waals surface area contributed by atoms with Crippen molar-refractivity contribution in [2.45, 2.75) is 16.9 Å². The van der Waals surface area contributed by atoms with Crippen LogP contribution >= 0.6 is 11.8 Å². The van der Waals surface area contributed by atoms with Crippen molar-refractivity contribution < 1.29 is 9.62 Å². The quantitative estimate of drug-likeness (QED) is 0.327. The first-order valence-electron chi connectivity index (χ1n) is 9.40. The Morgan fingerprint density at radius 1 is 0.862 bits per heavy atom. The monoisotopic (exact) mass is 398 g/mol. The topological polar surface area (TPSA) is 58.6 Å². The molecule has 4 aromatic rings. The largest absolute Gasteiger partial charge is 0.431 e. The van der Waals surface area contributed by atoms with Gasteiger partial charge in [-0.2, -0.15) is 0 Å². The fourth-order valence-corrected chi connectivity index (χ4v) is 4.77. The minimum atomic E-state index is -0.109. The van der Waals surface area contributed by atoms with E-state index in [1.807, 2.05) is 72.8 Å². The number of hydrogen-bond donors (Lipinski definition) is 1. The van der Waals surface area contributed by atoms with Crippen LogP contribution in [0.25, 0.3) is 22.6 Å². The molecule has 1 heterocycles. The molecule has 0 aliphatic heterocycles. The van der Waals surface area contributed by atoms with Crippen molar-refractivity contribution in [2.75, 3.05) is 0 Å². The molecule has 29 heavy (non-hydrogen) atoms. The van der Waals surface area contributed by atoms with E-state index in [0.29, 0.717) is 11.6 Å². The molecule has 5 rings (SSSR count). The molecule has 1 aliphatic rings. The van der Waals surface area contributed by atoms with E-state index in [9.17, 15) is 5.21 Å².